The number of rotatable bonds is 3. The zero-order chi connectivity index (χ0) is 14.8. The molecule has 0 aromatic rings. The molecular formula is C13H22N2O5. The molecule has 114 valence electrons. The quantitative estimate of drug-likeness (QED) is 0.573. The van der Waals surface area contributed by atoms with Crippen molar-refractivity contribution in [1.29, 1.82) is 0 Å². The van der Waals surface area contributed by atoms with Crippen molar-refractivity contribution in [2.75, 3.05) is 19.6 Å². The van der Waals surface area contributed by atoms with Crippen molar-refractivity contribution in [3.63, 3.8) is 0 Å². The number of urea groups is 1. The number of hydrogen-bond acceptors (Lipinski definition) is 4. The number of aliphatic hydroxyl groups is 2. The molecule has 20 heavy (non-hydrogen) atoms. The van der Waals surface area contributed by atoms with Gasteiger partial charge in [0, 0.05) is 19.0 Å². The Morgan fingerprint density at radius 2 is 2.10 bits per heavy atom. The fourth-order valence-electron chi connectivity index (χ4n) is 3.14. The van der Waals surface area contributed by atoms with E-state index in [9.17, 15) is 14.7 Å². The van der Waals surface area contributed by atoms with Crippen molar-refractivity contribution in [3.05, 3.63) is 0 Å². The highest BCUT2D eigenvalue weighted by Crippen LogP contribution is 2.39. The SMILES string of the molecule is O=C(O)[C@@H](O)CNC(=O)N1CCC2(O)CCCCC2C1. The molecule has 7 nitrogen and oxygen atoms in total. The number of likely N-dealkylation sites (tertiary alicyclic amines) is 1. The summed E-state index contributed by atoms with van der Waals surface area (Å²) in [5.74, 6) is -1.26. The number of nitrogens with one attached hydrogen (secondary N) is 1. The first-order valence-corrected chi connectivity index (χ1v) is 7.08. The first-order chi connectivity index (χ1) is 9.42. The monoisotopic (exact) mass is 286 g/mol. The number of piperidine rings is 1. The maximum absolute atomic E-state index is 11.9. The Balaban J connectivity index is 1.85. The van der Waals surface area contributed by atoms with Gasteiger partial charge in [-0.05, 0) is 19.3 Å². The van der Waals surface area contributed by atoms with Crippen molar-refractivity contribution >= 4 is 12.0 Å². The summed E-state index contributed by atoms with van der Waals surface area (Å²) in [5.41, 5.74) is -0.643. The standard InChI is InChI=1S/C13H22N2O5/c16-10(11(17)18)7-14-12(19)15-6-5-13(20)4-2-1-3-9(13)8-15/h9-10,16,20H,1-8H2,(H,14,19)(H,17,18)/t9?,10-,13?/m0/s1. The second-order valence-corrected chi connectivity index (χ2v) is 5.78. The van der Waals surface area contributed by atoms with E-state index in [1.54, 1.807) is 4.90 Å². The van der Waals surface area contributed by atoms with Crippen molar-refractivity contribution in [2.45, 2.75) is 43.8 Å². The van der Waals surface area contributed by atoms with Crippen LogP contribution in [0.2, 0.25) is 0 Å². The lowest BCUT2D eigenvalue weighted by atomic mass is 9.71. The number of carbonyl (C=O) groups is 2. The van der Waals surface area contributed by atoms with Crippen molar-refractivity contribution in [1.82, 2.24) is 10.2 Å². The number of hydrogen-bond donors (Lipinski definition) is 4. The molecular weight excluding hydrogens is 264 g/mol. The topological polar surface area (TPSA) is 110 Å². The van der Waals surface area contributed by atoms with E-state index in [1.807, 2.05) is 0 Å². The van der Waals surface area contributed by atoms with E-state index < -0.39 is 17.7 Å². The van der Waals surface area contributed by atoms with E-state index in [4.69, 9.17) is 10.2 Å². The third kappa shape index (κ3) is 3.21. The smallest absolute Gasteiger partial charge is 0.334 e. The molecule has 1 saturated heterocycles. The van der Waals surface area contributed by atoms with E-state index in [2.05, 4.69) is 5.32 Å². The Morgan fingerprint density at radius 1 is 1.35 bits per heavy atom. The van der Waals surface area contributed by atoms with Gasteiger partial charge >= 0.3 is 12.0 Å². The predicted octanol–water partition coefficient (Wildman–Crippen LogP) is -0.231. The summed E-state index contributed by atoms with van der Waals surface area (Å²) >= 11 is 0. The molecule has 2 aliphatic rings. The van der Waals surface area contributed by atoms with Crippen molar-refractivity contribution < 1.29 is 24.9 Å². The molecule has 2 fully saturated rings. The van der Waals surface area contributed by atoms with E-state index in [0.29, 0.717) is 19.5 Å². The highest BCUT2D eigenvalue weighted by molar-refractivity contribution is 5.76. The number of carbonyl (C=O) groups excluding carboxylic acids is 1. The van der Waals surface area contributed by atoms with E-state index in [-0.39, 0.29) is 18.5 Å². The molecule has 2 unspecified atom stereocenters. The minimum Gasteiger partial charge on any atom is -0.479 e. The molecule has 0 aromatic carbocycles. The Morgan fingerprint density at radius 3 is 2.80 bits per heavy atom. The number of aliphatic hydroxyl groups excluding tert-OH is 1. The lowest BCUT2D eigenvalue weighted by molar-refractivity contribution is -0.146. The van der Waals surface area contributed by atoms with Crippen LogP contribution in [-0.4, -0.2) is 63.6 Å². The summed E-state index contributed by atoms with van der Waals surface area (Å²) in [6.07, 6.45) is 2.79. The second kappa shape index (κ2) is 5.97. The summed E-state index contributed by atoms with van der Waals surface area (Å²) in [6, 6.07) is -0.377. The zero-order valence-corrected chi connectivity index (χ0v) is 11.4. The maximum Gasteiger partial charge on any atom is 0.334 e. The van der Waals surface area contributed by atoms with Crippen molar-refractivity contribution in [3.8, 4) is 0 Å². The van der Waals surface area contributed by atoms with Crippen LogP contribution in [0.4, 0.5) is 4.79 Å². The number of fused-ring (bicyclic) bond motifs is 1. The van der Waals surface area contributed by atoms with E-state index in [1.165, 1.54) is 0 Å². The van der Waals surface area contributed by atoms with Crippen LogP contribution in [0.3, 0.4) is 0 Å². The van der Waals surface area contributed by atoms with Crippen LogP contribution in [-0.2, 0) is 4.79 Å². The Bertz CT molecular complexity index is 389. The summed E-state index contributed by atoms with van der Waals surface area (Å²) in [7, 11) is 0. The third-order valence-electron chi connectivity index (χ3n) is 4.45. The van der Waals surface area contributed by atoms with E-state index >= 15 is 0 Å². The van der Waals surface area contributed by atoms with Gasteiger partial charge in [-0.1, -0.05) is 12.8 Å². The molecule has 3 atom stereocenters. The lowest BCUT2D eigenvalue weighted by Crippen LogP contribution is -2.57. The molecule has 1 saturated carbocycles. The van der Waals surface area contributed by atoms with Gasteiger partial charge in [0.05, 0.1) is 12.1 Å². The number of carboxylic acid groups (broad SMARTS) is 1. The van der Waals surface area contributed by atoms with Gasteiger partial charge in [0.25, 0.3) is 0 Å². The van der Waals surface area contributed by atoms with Crippen LogP contribution in [0.15, 0.2) is 0 Å². The van der Waals surface area contributed by atoms with Crippen molar-refractivity contribution in [2.24, 2.45) is 5.92 Å². The van der Waals surface area contributed by atoms with Gasteiger partial charge in [-0.15, -0.1) is 0 Å². The first-order valence-electron chi connectivity index (χ1n) is 7.08. The fraction of sp³-hybridized carbons (Fsp3) is 0.846. The molecule has 2 rings (SSSR count). The molecule has 1 aliphatic heterocycles. The van der Waals surface area contributed by atoms with E-state index in [0.717, 1.165) is 25.7 Å². The molecule has 1 heterocycles. The van der Waals surface area contributed by atoms with Gasteiger partial charge in [-0.25, -0.2) is 9.59 Å². The Kier molecular flexibility index (Phi) is 4.49. The molecule has 2 amide bonds. The molecule has 4 N–H and O–H groups in total. The summed E-state index contributed by atoms with van der Waals surface area (Å²) < 4.78 is 0. The summed E-state index contributed by atoms with van der Waals surface area (Å²) in [4.78, 5) is 24.0. The average molecular weight is 286 g/mol. The lowest BCUT2D eigenvalue weighted by Gasteiger charge is -2.47. The number of carboxylic acids is 1. The van der Waals surface area contributed by atoms with Gasteiger partial charge in [0.15, 0.2) is 6.10 Å². The average Bonchev–Trinajstić information content (AvgIpc) is 2.43. The molecule has 0 spiro atoms. The van der Waals surface area contributed by atoms with Gasteiger partial charge in [-0.3, -0.25) is 0 Å². The largest absolute Gasteiger partial charge is 0.479 e. The molecule has 0 radical (unpaired) electrons. The van der Waals surface area contributed by atoms with Crippen LogP contribution in [0, 0.1) is 5.92 Å². The highest BCUT2D eigenvalue weighted by Gasteiger charge is 2.43. The third-order valence-corrected chi connectivity index (χ3v) is 4.45. The normalized spacial score (nSPS) is 31.3. The highest BCUT2D eigenvalue weighted by atomic mass is 16.4. The number of aliphatic carboxylic acids is 1. The Hall–Kier alpha value is -1.34. The minimum absolute atomic E-state index is 0.0974. The Labute approximate surface area is 117 Å². The van der Waals surface area contributed by atoms with Gasteiger partial charge in [-0.2, -0.15) is 0 Å². The predicted molar refractivity (Wildman–Crippen MR) is 70.1 cm³/mol. The van der Waals surface area contributed by atoms with Gasteiger partial charge in [0.2, 0.25) is 0 Å². The fourth-order valence-corrected chi connectivity index (χ4v) is 3.14. The molecule has 0 bridgehead atoms. The number of nitrogens with zero attached hydrogens (tertiary/aromatic N) is 1. The summed E-state index contributed by atoms with van der Waals surface area (Å²) in [5, 5.41) is 30.6. The number of amides is 2. The minimum atomic E-state index is -1.59. The molecule has 1 aliphatic carbocycles. The first kappa shape index (κ1) is 15.1. The van der Waals surface area contributed by atoms with Crippen LogP contribution in [0.25, 0.3) is 0 Å². The molecule has 7 heteroatoms. The maximum atomic E-state index is 11.9. The van der Waals surface area contributed by atoms with Crippen LogP contribution in [0.5, 0.6) is 0 Å². The van der Waals surface area contributed by atoms with Gasteiger partial charge in [0.1, 0.15) is 0 Å². The van der Waals surface area contributed by atoms with Crippen LogP contribution < -0.4 is 5.32 Å². The zero-order valence-electron chi connectivity index (χ0n) is 11.4. The van der Waals surface area contributed by atoms with Crippen LogP contribution in [0.1, 0.15) is 32.1 Å². The van der Waals surface area contributed by atoms with Crippen LogP contribution >= 0.6 is 0 Å². The second-order valence-electron chi connectivity index (χ2n) is 5.78. The summed E-state index contributed by atoms with van der Waals surface area (Å²) in [6.45, 7) is 0.646. The molecule has 0 aromatic heterocycles. The van der Waals surface area contributed by atoms with Gasteiger partial charge < -0.3 is 25.5 Å².